The number of rotatable bonds is 1. The molecule has 2 heterocycles. The van der Waals surface area contributed by atoms with Crippen LogP contribution in [0.5, 0.6) is 0 Å². The van der Waals surface area contributed by atoms with Crippen LogP contribution in [-0.4, -0.2) is 25.4 Å². The zero-order chi connectivity index (χ0) is 9.97. The lowest BCUT2D eigenvalue weighted by atomic mass is 10.3. The van der Waals surface area contributed by atoms with Gasteiger partial charge in [-0.25, -0.2) is 4.98 Å². The van der Waals surface area contributed by atoms with Gasteiger partial charge in [0.15, 0.2) is 5.82 Å². The molecule has 0 aliphatic heterocycles. The van der Waals surface area contributed by atoms with Crippen LogP contribution in [0.3, 0.4) is 0 Å². The SMILES string of the molecule is Cc1nnc(-c2ccc(F)nc2)nn1. The van der Waals surface area contributed by atoms with Gasteiger partial charge in [-0.15, -0.1) is 20.4 Å². The number of aryl methyl sites for hydroxylation is 1. The number of nitrogens with zero attached hydrogens (tertiary/aromatic N) is 5. The Kier molecular flexibility index (Phi) is 2.10. The van der Waals surface area contributed by atoms with E-state index in [1.165, 1.54) is 18.3 Å². The van der Waals surface area contributed by atoms with Crippen LogP contribution in [0.1, 0.15) is 5.82 Å². The molecule has 6 heteroatoms. The highest BCUT2D eigenvalue weighted by molar-refractivity contribution is 5.51. The average molecular weight is 191 g/mol. The largest absolute Gasteiger partial charge is 0.228 e. The van der Waals surface area contributed by atoms with Gasteiger partial charge < -0.3 is 0 Å². The van der Waals surface area contributed by atoms with Crippen molar-refractivity contribution in [3.63, 3.8) is 0 Å². The minimum atomic E-state index is -0.540. The highest BCUT2D eigenvalue weighted by atomic mass is 19.1. The molecule has 0 saturated carbocycles. The molecule has 0 amide bonds. The first-order valence-corrected chi connectivity index (χ1v) is 3.91. The van der Waals surface area contributed by atoms with E-state index < -0.39 is 5.95 Å². The van der Waals surface area contributed by atoms with Gasteiger partial charge in [0.1, 0.15) is 0 Å². The van der Waals surface area contributed by atoms with Gasteiger partial charge in [0.2, 0.25) is 11.8 Å². The first-order chi connectivity index (χ1) is 6.75. The van der Waals surface area contributed by atoms with Crippen LogP contribution >= 0.6 is 0 Å². The quantitative estimate of drug-likeness (QED) is 0.623. The molecule has 0 aliphatic carbocycles. The van der Waals surface area contributed by atoms with Crippen molar-refractivity contribution in [1.82, 2.24) is 25.4 Å². The molecule has 0 fully saturated rings. The first-order valence-electron chi connectivity index (χ1n) is 3.91. The molecule has 70 valence electrons. The minimum Gasteiger partial charge on any atom is -0.228 e. The van der Waals surface area contributed by atoms with E-state index >= 15 is 0 Å². The average Bonchev–Trinajstić information content (AvgIpc) is 2.21. The smallest absolute Gasteiger partial charge is 0.212 e. The molecule has 5 nitrogen and oxygen atoms in total. The van der Waals surface area contributed by atoms with Gasteiger partial charge in [-0.3, -0.25) is 0 Å². The van der Waals surface area contributed by atoms with Crippen molar-refractivity contribution in [2.75, 3.05) is 0 Å². The van der Waals surface area contributed by atoms with Crippen LogP contribution in [0.4, 0.5) is 4.39 Å². The molecule has 0 unspecified atom stereocenters. The summed E-state index contributed by atoms with van der Waals surface area (Å²) in [6.07, 6.45) is 1.34. The van der Waals surface area contributed by atoms with Gasteiger partial charge in [-0.1, -0.05) is 0 Å². The number of halogens is 1. The number of hydrogen-bond donors (Lipinski definition) is 0. The fourth-order valence-electron chi connectivity index (χ4n) is 0.903. The first kappa shape index (κ1) is 8.61. The summed E-state index contributed by atoms with van der Waals surface area (Å²) in [5, 5.41) is 15.0. The maximum absolute atomic E-state index is 12.5. The van der Waals surface area contributed by atoms with Gasteiger partial charge in [-0.2, -0.15) is 4.39 Å². The van der Waals surface area contributed by atoms with E-state index in [4.69, 9.17) is 0 Å². The molecule has 2 aromatic heterocycles. The Morgan fingerprint density at radius 2 is 1.79 bits per heavy atom. The predicted molar refractivity (Wildman–Crippen MR) is 45.5 cm³/mol. The summed E-state index contributed by atoms with van der Waals surface area (Å²) in [5.41, 5.74) is 0.589. The third kappa shape index (κ3) is 1.68. The van der Waals surface area contributed by atoms with Gasteiger partial charge in [0.05, 0.1) is 0 Å². The van der Waals surface area contributed by atoms with Crippen molar-refractivity contribution < 1.29 is 4.39 Å². The molecule has 14 heavy (non-hydrogen) atoms. The van der Waals surface area contributed by atoms with Crippen molar-refractivity contribution in [2.45, 2.75) is 6.92 Å². The molecule has 2 aromatic rings. The highest BCUT2D eigenvalue weighted by Gasteiger charge is 2.02. The molecule has 0 aromatic carbocycles. The second kappa shape index (κ2) is 3.41. The van der Waals surface area contributed by atoms with Crippen molar-refractivity contribution in [1.29, 1.82) is 0 Å². The molecule has 0 spiro atoms. The topological polar surface area (TPSA) is 64.5 Å². The zero-order valence-electron chi connectivity index (χ0n) is 7.35. The van der Waals surface area contributed by atoms with Crippen LogP contribution in [0, 0.1) is 12.9 Å². The van der Waals surface area contributed by atoms with E-state index in [0.29, 0.717) is 17.2 Å². The third-order valence-corrected chi connectivity index (χ3v) is 1.56. The van der Waals surface area contributed by atoms with Gasteiger partial charge in [-0.05, 0) is 19.1 Å². The Labute approximate surface area is 79.1 Å². The van der Waals surface area contributed by atoms with E-state index in [9.17, 15) is 4.39 Å². The zero-order valence-corrected chi connectivity index (χ0v) is 7.35. The molecule has 0 saturated heterocycles. The van der Waals surface area contributed by atoms with Crippen molar-refractivity contribution in [3.05, 3.63) is 30.1 Å². The predicted octanol–water partition coefficient (Wildman–Crippen LogP) is 0.776. The van der Waals surface area contributed by atoms with E-state index in [0.717, 1.165) is 0 Å². The summed E-state index contributed by atoms with van der Waals surface area (Å²) in [7, 11) is 0. The summed E-state index contributed by atoms with van der Waals surface area (Å²) in [6.45, 7) is 1.69. The van der Waals surface area contributed by atoms with Crippen LogP contribution in [0.2, 0.25) is 0 Å². The summed E-state index contributed by atoms with van der Waals surface area (Å²) >= 11 is 0. The summed E-state index contributed by atoms with van der Waals surface area (Å²) in [6, 6.07) is 2.76. The van der Waals surface area contributed by atoms with Crippen molar-refractivity contribution >= 4 is 0 Å². The van der Waals surface area contributed by atoms with Crippen LogP contribution in [-0.2, 0) is 0 Å². The van der Waals surface area contributed by atoms with Crippen LogP contribution < -0.4 is 0 Å². The summed E-state index contributed by atoms with van der Waals surface area (Å²) in [5.74, 6) is 0.286. The van der Waals surface area contributed by atoms with Crippen molar-refractivity contribution in [3.8, 4) is 11.4 Å². The third-order valence-electron chi connectivity index (χ3n) is 1.56. The molecular weight excluding hydrogens is 185 g/mol. The molecule has 0 atom stereocenters. The van der Waals surface area contributed by atoms with Gasteiger partial charge >= 0.3 is 0 Å². The summed E-state index contributed by atoms with van der Waals surface area (Å²) < 4.78 is 12.5. The monoisotopic (exact) mass is 191 g/mol. The molecule has 2 rings (SSSR count). The lowest BCUT2D eigenvalue weighted by molar-refractivity contribution is 0.584. The fourth-order valence-corrected chi connectivity index (χ4v) is 0.903. The molecule has 0 radical (unpaired) electrons. The maximum atomic E-state index is 12.5. The molecule has 0 aliphatic rings. The number of pyridine rings is 1. The van der Waals surface area contributed by atoms with E-state index in [2.05, 4.69) is 25.4 Å². The maximum Gasteiger partial charge on any atom is 0.212 e. The Balaban J connectivity index is 2.40. The number of hydrogen-bond acceptors (Lipinski definition) is 5. The lowest BCUT2D eigenvalue weighted by Gasteiger charge is -1.96. The lowest BCUT2D eigenvalue weighted by Crippen LogP contribution is -1.98. The Morgan fingerprint density at radius 1 is 1.07 bits per heavy atom. The Bertz CT molecular complexity index is 381. The Hall–Kier alpha value is -1.98. The standard InChI is InChI=1S/C8H6FN5/c1-5-11-13-8(14-12-5)6-2-3-7(9)10-4-6/h2-4H,1H3. The fraction of sp³-hybridized carbons (Fsp3) is 0.125. The summed E-state index contributed by atoms with van der Waals surface area (Å²) in [4.78, 5) is 3.48. The normalized spacial score (nSPS) is 10.1. The van der Waals surface area contributed by atoms with Crippen molar-refractivity contribution in [2.24, 2.45) is 0 Å². The Morgan fingerprint density at radius 3 is 2.36 bits per heavy atom. The number of aromatic nitrogens is 5. The minimum absolute atomic E-state index is 0.336. The molecule has 0 N–H and O–H groups in total. The van der Waals surface area contributed by atoms with Crippen LogP contribution in [0.15, 0.2) is 18.3 Å². The van der Waals surface area contributed by atoms with Gasteiger partial charge in [0, 0.05) is 11.8 Å². The van der Waals surface area contributed by atoms with E-state index in [1.54, 1.807) is 6.92 Å². The highest BCUT2D eigenvalue weighted by Crippen LogP contribution is 2.10. The second-order valence-electron chi connectivity index (χ2n) is 2.64. The van der Waals surface area contributed by atoms with E-state index in [-0.39, 0.29) is 0 Å². The van der Waals surface area contributed by atoms with E-state index in [1.807, 2.05) is 0 Å². The van der Waals surface area contributed by atoms with Gasteiger partial charge in [0.25, 0.3) is 0 Å². The van der Waals surface area contributed by atoms with Crippen LogP contribution in [0.25, 0.3) is 11.4 Å². The second-order valence-corrected chi connectivity index (χ2v) is 2.64. The molecule has 0 bridgehead atoms. The molecular formula is C8H6FN5.